The summed E-state index contributed by atoms with van der Waals surface area (Å²) >= 11 is 0. The van der Waals surface area contributed by atoms with E-state index in [4.69, 9.17) is 4.74 Å². The zero-order valence-corrected chi connectivity index (χ0v) is 10.2. The molecular weight excluding hydrogens is 230 g/mol. The monoisotopic (exact) mass is 245 g/mol. The molecule has 0 unspecified atom stereocenters. The van der Waals surface area contributed by atoms with Crippen LogP contribution in [0.25, 0.3) is 0 Å². The lowest BCUT2D eigenvalue weighted by molar-refractivity contribution is -0.530. The van der Waals surface area contributed by atoms with E-state index < -0.39 is 6.04 Å². The highest BCUT2D eigenvalue weighted by Gasteiger charge is 2.52. The molecule has 4 heteroatoms. The van der Waals surface area contributed by atoms with Crippen molar-refractivity contribution in [3.63, 3.8) is 0 Å². The molecule has 2 bridgehead atoms. The topological polar surface area (TPSA) is 52.4 Å². The van der Waals surface area contributed by atoms with E-state index in [1.54, 1.807) is 7.11 Å². The number of hydrogen-bond acceptors (Lipinski definition) is 3. The maximum absolute atomic E-state index is 11.2. The van der Waals surface area contributed by atoms with Crippen molar-refractivity contribution in [1.82, 2.24) is 0 Å². The molecule has 0 heterocycles. The quantitative estimate of drug-likeness (QED) is 0.467. The predicted octanol–water partition coefficient (Wildman–Crippen LogP) is 2.63. The van der Waals surface area contributed by atoms with E-state index in [1.807, 2.05) is 30.3 Å². The maximum Gasteiger partial charge on any atom is 0.226 e. The number of benzene rings is 1. The molecule has 0 aliphatic heterocycles. The Labute approximate surface area is 105 Å². The number of allylic oxidation sites excluding steroid dienone is 1. The molecule has 94 valence electrons. The molecule has 1 aromatic carbocycles. The summed E-state index contributed by atoms with van der Waals surface area (Å²) in [6.45, 7) is 0. The van der Waals surface area contributed by atoms with Gasteiger partial charge >= 0.3 is 0 Å². The molecule has 18 heavy (non-hydrogen) atoms. The summed E-state index contributed by atoms with van der Waals surface area (Å²) in [6, 6.07) is 7.20. The van der Waals surface area contributed by atoms with Crippen molar-refractivity contribution >= 4 is 0 Å². The van der Waals surface area contributed by atoms with Crippen molar-refractivity contribution in [1.29, 1.82) is 0 Å². The molecule has 0 N–H and O–H groups in total. The largest absolute Gasteiger partial charge is 0.497 e. The Bertz CT molecular complexity index is 494. The zero-order chi connectivity index (χ0) is 12.7. The van der Waals surface area contributed by atoms with E-state index in [0.717, 1.165) is 17.7 Å². The van der Waals surface area contributed by atoms with Gasteiger partial charge in [-0.15, -0.1) is 0 Å². The SMILES string of the molecule is COc1ccc([C@@H]2[C@@H]([N+](=O)[O-])[C@H]3C=C[C@@H]2C3)cc1. The van der Waals surface area contributed by atoms with Gasteiger partial charge in [0.1, 0.15) is 5.75 Å². The first-order valence-corrected chi connectivity index (χ1v) is 6.16. The molecule has 3 rings (SSSR count). The predicted molar refractivity (Wildman–Crippen MR) is 67.3 cm³/mol. The molecule has 1 fully saturated rings. The van der Waals surface area contributed by atoms with Crippen LogP contribution >= 0.6 is 0 Å². The van der Waals surface area contributed by atoms with Gasteiger partial charge in [-0.25, -0.2) is 0 Å². The van der Waals surface area contributed by atoms with Gasteiger partial charge in [0.2, 0.25) is 6.04 Å². The molecule has 4 nitrogen and oxygen atoms in total. The number of ether oxygens (including phenoxy) is 1. The fourth-order valence-corrected chi connectivity index (χ4v) is 3.35. The Morgan fingerprint density at radius 3 is 2.50 bits per heavy atom. The summed E-state index contributed by atoms with van der Waals surface area (Å²) in [5, 5.41) is 11.2. The van der Waals surface area contributed by atoms with Gasteiger partial charge in [0.25, 0.3) is 0 Å². The van der Waals surface area contributed by atoms with Crippen molar-refractivity contribution in [2.75, 3.05) is 7.11 Å². The van der Waals surface area contributed by atoms with Crippen molar-refractivity contribution in [3.8, 4) is 5.75 Å². The van der Waals surface area contributed by atoms with Gasteiger partial charge in [-0.05, 0) is 30.0 Å². The summed E-state index contributed by atoms with van der Waals surface area (Å²) in [5.41, 5.74) is 1.05. The molecular formula is C14H15NO3. The summed E-state index contributed by atoms with van der Waals surface area (Å²) in [4.78, 5) is 11.1. The number of fused-ring (bicyclic) bond motifs is 2. The van der Waals surface area contributed by atoms with Crippen LogP contribution < -0.4 is 4.74 Å². The smallest absolute Gasteiger partial charge is 0.226 e. The van der Waals surface area contributed by atoms with E-state index in [9.17, 15) is 10.1 Å². The maximum atomic E-state index is 11.2. The molecule has 1 aromatic rings. The van der Waals surface area contributed by atoms with Crippen molar-refractivity contribution in [2.45, 2.75) is 18.4 Å². The third-order valence-electron chi connectivity index (χ3n) is 4.16. The highest BCUT2D eigenvalue weighted by molar-refractivity contribution is 5.34. The standard InChI is InChI=1S/C14H15NO3/c1-18-12-6-4-9(5-7-12)13-10-2-3-11(8-10)14(13)15(16)17/h2-7,10-11,13-14H,8H2,1H3/t10-,11+,13+,14+/m1/s1. The highest BCUT2D eigenvalue weighted by atomic mass is 16.6. The molecule has 0 spiro atoms. The van der Waals surface area contributed by atoms with Crippen LogP contribution in [0.5, 0.6) is 5.75 Å². The second kappa shape index (κ2) is 4.12. The molecule has 0 amide bonds. The second-order valence-corrected chi connectivity index (χ2v) is 5.02. The third-order valence-corrected chi connectivity index (χ3v) is 4.16. The van der Waals surface area contributed by atoms with Gasteiger partial charge in [0.05, 0.1) is 13.0 Å². The van der Waals surface area contributed by atoms with E-state index >= 15 is 0 Å². The Hall–Kier alpha value is -1.84. The van der Waals surface area contributed by atoms with Crippen LogP contribution in [0.3, 0.4) is 0 Å². The first kappa shape index (κ1) is 11.3. The van der Waals surface area contributed by atoms with Crippen LogP contribution in [0.15, 0.2) is 36.4 Å². The molecule has 4 atom stereocenters. The average molecular weight is 245 g/mol. The van der Waals surface area contributed by atoms with Gasteiger partial charge in [0.15, 0.2) is 0 Å². The number of rotatable bonds is 3. The Morgan fingerprint density at radius 2 is 1.89 bits per heavy atom. The van der Waals surface area contributed by atoms with Crippen LogP contribution in [0, 0.1) is 22.0 Å². The van der Waals surface area contributed by atoms with E-state index in [2.05, 4.69) is 6.08 Å². The zero-order valence-electron chi connectivity index (χ0n) is 10.2. The van der Waals surface area contributed by atoms with Crippen molar-refractivity contribution in [3.05, 3.63) is 52.1 Å². The lowest BCUT2D eigenvalue weighted by Crippen LogP contribution is -2.31. The summed E-state index contributed by atoms with van der Waals surface area (Å²) in [5.74, 6) is 1.23. The van der Waals surface area contributed by atoms with Gasteiger partial charge in [-0.2, -0.15) is 0 Å². The fraction of sp³-hybridized carbons (Fsp3) is 0.429. The lowest BCUT2D eigenvalue weighted by atomic mass is 9.83. The van der Waals surface area contributed by atoms with Gasteiger partial charge in [-0.3, -0.25) is 10.1 Å². The normalized spacial score (nSPS) is 32.7. The average Bonchev–Trinajstić information content (AvgIpc) is 2.99. The van der Waals surface area contributed by atoms with Crippen LogP contribution in [-0.4, -0.2) is 18.1 Å². The van der Waals surface area contributed by atoms with E-state index in [-0.39, 0.29) is 16.8 Å². The lowest BCUT2D eigenvalue weighted by Gasteiger charge is -2.22. The Morgan fingerprint density at radius 1 is 1.22 bits per heavy atom. The minimum Gasteiger partial charge on any atom is -0.497 e. The molecule has 0 aromatic heterocycles. The van der Waals surface area contributed by atoms with Crippen LogP contribution in [0.4, 0.5) is 0 Å². The van der Waals surface area contributed by atoms with Gasteiger partial charge in [0, 0.05) is 10.8 Å². The number of nitrogens with zero attached hydrogens (tertiary/aromatic N) is 1. The van der Waals surface area contributed by atoms with E-state index in [1.165, 1.54) is 0 Å². The van der Waals surface area contributed by atoms with Gasteiger partial charge < -0.3 is 4.74 Å². The summed E-state index contributed by atoms with van der Waals surface area (Å²) in [7, 11) is 1.62. The highest BCUT2D eigenvalue weighted by Crippen LogP contribution is 2.50. The third kappa shape index (κ3) is 1.60. The van der Waals surface area contributed by atoms with Crippen molar-refractivity contribution < 1.29 is 9.66 Å². The minimum atomic E-state index is -0.464. The summed E-state index contributed by atoms with van der Waals surface area (Å²) in [6.07, 6.45) is 5.07. The van der Waals surface area contributed by atoms with Crippen LogP contribution in [-0.2, 0) is 0 Å². The summed E-state index contributed by atoms with van der Waals surface area (Å²) < 4.78 is 5.12. The minimum absolute atomic E-state index is 0.0147. The van der Waals surface area contributed by atoms with Gasteiger partial charge in [-0.1, -0.05) is 24.3 Å². The van der Waals surface area contributed by atoms with Crippen molar-refractivity contribution in [2.24, 2.45) is 11.8 Å². The molecule has 1 saturated carbocycles. The first-order valence-electron chi connectivity index (χ1n) is 6.16. The number of methoxy groups -OCH3 is 1. The second-order valence-electron chi connectivity index (χ2n) is 5.02. The first-order chi connectivity index (χ1) is 8.70. The fourth-order valence-electron chi connectivity index (χ4n) is 3.35. The van der Waals surface area contributed by atoms with Crippen LogP contribution in [0.2, 0.25) is 0 Å². The molecule has 2 aliphatic rings. The number of hydrogen-bond donors (Lipinski definition) is 0. The Kier molecular flexibility index (Phi) is 2.58. The molecule has 0 saturated heterocycles. The van der Waals surface area contributed by atoms with E-state index in [0.29, 0.717) is 5.92 Å². The molecule has 2 aliphatic carbocycles. The number of nitro groups is 1. The Balaban J connectivity index is 1.94. The molecule has 0 radical (unpaired) electrons. The van der Waals surface area contributed by atoms with Crippen LogP contribution in [0.1, 0.15) is 17.9 Å².